The van der Waals surface area contributed by atoms with Gasteiger partial charge in [0.15, 0.2) is 5.58 Å². The second kappa shape index (κ2) is 10.2. The summed E-state index contributed by atoms with van der Waals surface area (Å²) in [5, 5.41) is 2.43. The average Bonchev–Trinajstić information content (AvgIpc) is 3.39. The summed E-state index contributed by atoms with van der Waals surface area (Å²) in [6, 6.07) is 35.9. The average molecular weight is 537 g/mol. The lowest BCUT2D eigenvalue weighted by Gasteiger charge is -2.25. The van der Waals surface area contributed by atoms with Gasteiger partial charge in [0.05, 0.1) is 11.3 Å². The molecule has 0 fully saturated rings. The van der Waals surface area contributed by atoms with Crippen molar-refractivity contribution in [1.82, 2.24) is 4.98 Å². The van der Waals surface area contributed by atoms with E-state index < -0.39 is 0 Å². The maximum absolute atomic E-state index is 6.34. The van der Waals surface area contributed by atoms with Crippen LogP contribution in [0.3, 0.4) is 0 Å². The molecule has 0 saturated heterocycles. The molecule has 0 spiro atoms. The predicted octanol–water partition coefficient (Wildman–Crippen LogP) is 10.7. The van der Waals surface area contributed by atoms with Crippen LogP contribution in [0.4, 0.5) is 5.69 Å². The molecular weight excluding hydrogens is 500 g/mol. The number of hydrogen-bond donors (Lipinski definition) is 0. The Balaban J connectivity index is 1.41. The molecule has 0 saturated carbocycles. The minimum absolute atomic E-state index is 0.0443. The first-order valence-electron chi connectivity index (χ1n) is 14.2. The summed E-state index contributed by atoms with van der Waals surface area (Å²) in [4.78, 5) is 9.97. The van der Waals surface area contributed by atoms with Gasteiger partial charge in [-0.25, -0.2) is 4.98 Å². The maximum Gasteiger partial charge on any atom is 0.229 e. The first-order chi connectivity index (χ1) is 19.6. The number of aliphatic imine (C=N–C) groups is 1. The number of hydrogen-bond acceptors (Lipinski definition) is 3. The summed E-state index contributed by atoms with van der Waals surface area (Å²) in [7, 11) is 0. The van der Waals surface area contributed by atoms with Crippen molar-refractivity contribution in [3.8, 4) is 22.6 Å². The molecular formula is C38H36N2O. The molecule has 0 N–H and O–H groups in total. The molecule has 0 unspecified atom stereocenters. The van der Waals surface area contributed by atoms with E-state index in [0.29, 0.717) is 5.89 Å². The van der Waals surface area contributed by atoms with Crippen molar-refractivity contribution in [2.75, 3.05) is 0 Å². The largest absolute Gasteiger partial charge is 0.436 e. The van der Waals surface area contributed by atoms with Gasteiger partial charge in [-0.05, 0) is 80.3 Å². The highest BCUT2D eigenvalue weighted by Crippen LogP contribution is 2.36. The first-order valence-corrected chi connectivity index (χ1v) is 14.2. The molecule has 6 aromatic rings. The van der Waals surface area contributed by atoms with Crippen molar-refractivity contribution in [2.45, 2.75) is 52.4 Å². The smallest absolute Gasteiger partial charge is 0.229 e. The SMILES string of the molecule is CC(C)(C)c1cc(C=Nc2ccccc2-c2nc3c(-c4ccc5ccccc5c4)cccc3o2)cc(C(C)(C)C)c1. The Bertz CT molecular complexity index is 1880. The van der Waals surface area contributed by atoms with Crippen molar-refractivity contribution in [3.63, 3.8) is 0 Å². The summed E-state index contributed by atoms with van der Waals surface area (Å²) < 4.78 is 6.34. The van der Waals surface area contributed by atoms with Crippen LogP contribution in [-0.2, 0) is 10.8 Å². The Morgan fingerprint density at radius 2 is 1.29 bits per heavy atom. The van der Waals surface area contributed by atoms with E-state index in [2.05, 4.69) is 108 Å². The Kier molecular flexibility index (Phi) is 6.62. The van der Waals surface area contributed by atoms with E-state index in [1.807, 2.05) is 42.6 Å². The van der Waals surface area contributed by atoms with Gasteiger partial charge in [0.2, 0.25) is 5.89 Å². The Morgan fingerprint density at radius 1 is 0.634 bits per heavy atom. The van der Waals surface area contributed by atoms with Crippen LogP contribution in [0.25, 0.3) is 44.5 Å². The minimum atomic E-state index is 0.0443. The molecule has 0 atom stereocenters. The van der Waals surface area contributed by atoms with Crippen molar-refractivity contribution in [2.24, 2.45) is 4.99 Å². The Hall–Kier alpha value is -4.50. The fraction of sp³-hybridized carbons (Fsp3) is 0.211. The van der Waals surface area contributed by atoms with Gasteiger partial charge in [0.25, 0.3) is 0 Å². The molecule has 204 valence electrons. The maximum atomic E-state index is 6.34. The van der Waals surface area contributed by atoms with Crippen molar-refractivity contribution < 1.29 is 4.42 Å². The molecule has 5 aromatic carbocycles. The van der Waals surface area contributed by atoms with Crippen LogP contribution in [0, 0.1) is 0 Å². The van der Waals surface area contributed by atoms with Gasteiger partial charge in [-0.2, -0.15) is 0 Å². The monoisotopic (exact) mass is 536 g/mol. The molecule has 1 aromatic heterocycles. The third kappa shape index (κ3) is 5.45. The standard InChI is InChI=1S/C38H36N2O/c1-37(2,3)29-20-25(21-30(23-29)38(4,5)6)24-39-33-16-10-9-14-32(33)36-40-35-31(15-11-17-34(35)41-36)28-19-18-26-12-7-8-13-27(26)22-28/h7-24H,1-6H3. The summed E-state index contributed by atoms with van der Waals surface area (Å²) in [5.41, 5.74) is 9.27. The highest BCUT2D eigenvalue weighted by molar-refractivity contribution is 5.96. The van der Waals surface area contributed by atoms with E-state index in [0.717, 1.165) is 39.0 Å². The molecule has 0 aliphatic carbocycles. The number of para-hydroxylation sites is 2. The molecule has 0 aliphatic heterocycles. The molecule has 3 nitrogen and oxygen atoms in total. The second-order valence-corrected chi connectivity index (χ2v) is 12.9. The molecule has 1 heterocycles. The summed E-state index contributed by atoms with van der Waals surface area (Å²) in [6.07, 6.45) is 1.96. The lowest BCUT2D eigenvalue weighted by atomic mass is 9.79. The van der Waals surface area contributed by atoms with Gasteiger partial charge in [0.1, 0.15) is 5.52 Å². The second-order valence-electron chi connectivity index (χ2n) is 12.9. The molecule has 0 aliphatic rings. The summed E-state index contributed by atoms with van der Waals surface area (Å²) in [5.74, 6) is 0.569. The molecule has 41 heavy (non-hydrogen) atoms. The van der Waals surface area contributed by atoms with Gasteiger partial charge >= 0.3 is 0 Å². The Morgan fingerprint density at radius 3 is 2.02 bits per heavy atom. The lowest BCUT2D eigenvalue weighted by molar-refractivity contribution is 0.568. The van der Waals surface area contributed by atoms with Gasteiger partial charge < -0.3 is 4.42 Å². The van der Waals surface area contributed by atoms with E-state index in [9.17, 15) is 0 Å². The van der Waals surface area contributed by atoms with E-state index in [1.165, 1.54) is 21.9 Å². The van der Waals surface area contributed by atoms with Crippen molar-refractivity contribution in [3.05, 3.63) is 120 Å². The van der Waals surface area contributed by atoms with E-state index in [4.69, 9.17) is 14.4 Å². The van der Waals surface area contributed by atoms with Crippen LogP contribution in [0.5, 0.6) is 0 Å². The first kappa shape index (κ1) is 26.7. The molecule has 3 heteroatoms. The lowest BCUT2D eigenvalue weighted by Crippen LogP contribution is -2.17. The van der Waals surface area contributed by atoms with Crippen LogP contribution < -0.4 is 0 Å². The highest BCUT2D eigenvalue weighted by atomic mass is 16.3. The zero-order chi connectivity index (χ0) is 28.8. The molecule has 0 radical (unpaired) electrons. The Labute approximate surface area is 242 Å². The fourth-order valence-corrected chi connectivity index (χ4v) is 5.16. The molecule has 0 bridgehead atoms. The minimum Gasteiger partial charge on any atom is -0.436 e. The van der Waals surface area contributed by atoms with E-state index in [1.54, 1.807) is 0 Å². The zero-order valence-electron chi connectivity index (χ0n) is 24.7. The van der Waals surface area contributed by atoms with Gasteiger partial charge in [0, 0.05) is 11.8 Å². The number of rotatable bonds is 4. The number of nitrogens with zero attached hydrogens (tertiary/aromatic N) is 2. The quantitative estimate of drug-likeness (QED) is 0.210. The van der Waals surface area contributed by atoms with Crippen LogP contribution in [-0.4, -0.2) is 11.2 Å². The van der Waals surface area contributed by atoms with Crippen molar-refractivity contribution >= 4 is 33.8 Å². The number of benzene rings is 5. The third-order valence-electron chi connectivity index (χ3n) is 7.65. The van der Waals surface area contributed by atoms with Crippen LogP contribution in [0.15, 0.2) is 113 Å². The van der Waals surface area contributed by atoms with Crippen molar-refractivity contribution in [1.29, 1.82) is 0 Å². The number of oxazole rings is 1. The topological polar surface area (TPSA) is 38.4 Å². The third-order valence-corrected chi connectivity index (χ3v) is 7.65. The zero-order valence-corrected chi connectivity index (χ0v) is 24.7. The van der Waals surface area contributed by atoms with E-state index in [-0.39, 0.29) is 10.8 Å². The van der Waals surface area contributed by atoms with E-state index >= 15 is 0 Å². The summed E-state index contributed by atoms with van der Waals surface area (Å²) >= 11 is 0. The fourth-order valence-electron chi connectivity index (χ4n) is 5.16. The van der Waals surface area contributed by atoms with Crippen LogP contribution in [0.2, 0.25) is 0 Å². The highest BCUT2D eigenvalue weighted by Gasteiger charge is 2.20. The van der Waals surface area contributed by atoms with Crippen LogP contribution >= 0.6 is 0 Å². The summed E-state index contributed by atoms with van der Waals surface area (Å²) in [6.45, 7) is 13.5. The number of aromatic nitrogens is 1. The molecule has 0 amide bonds. The normalized spacial score (nSPS) is 12.5. The van der Waals surface area contributed by atoms with Gasteiger partial charge in [-0.3, -0.25) is 4.99 Å². The van der Waals surface area contributed by atoms with Gasteiger partial charge in [-0.1, -0.05) is 108 Å². The predicted molar refractivity (Wildman–Crippen MR) is 173 cm³/mol. The van der Waals surface area contributed by atoms with Gasteiger partial charge in [-0.15, -0.1) is 0 Å². The van der Waals surface area contributed by atoms with Crippen LogP contribution in [0.1, 0.15) is 58.2 Å². The molecule has 6 rings (SSSR count). The number of fused-ring (bicyclic) bond motifs is 2.